The van der Waals surface area contributed by atoms with Crippen LogP contribution in [-0.4, -0.2) is 14.2 Å². The van der Waals surface area contributed by atoms with Crippen LogP contribution in [0.5, 0.6) is 17.2 Å². The summed E-state index contributed by atoms with van der Waals surface area (Å²) in [4.78, 5) is 0. The normalized spacial score (nSPS) is 10.4. The minimum Gasteiger partial charge on any atom is -0.496 e. The molecule has 98 valence electrons. The van der Waals surface area contributed by atoms with E-state index in [1.807, 2.05) is 36.4 Å². The Morgan fingerprint density at radius 1 is 0.789 bits per heavy atom. The third-order valence-electron chi connectivity index (χ3n) is 2.59. The summed E-state index contributed by atoms with van der Waals surface area (Å²) in [6.45, 7) is 0. The Hall–Kier alpha value is -2.42. The van der Waals surface area contributed by atoms with Crippen LogP contribution in [0.15, 0.2) is 54.8 Å². The van der Waals surface area contributed by atoms with Gasteiger partial charge in [0, 0.05) is 18.2 Å². The number of benzene rings is 2. The highest BCUT2D eigenvalue weighted by Crippen LogP contribution is 2.27. The molecule has 0 aliphatic heterocycles. The van der Waals surface area contributed by atoms with Crippen LogP contribution in [0.1, 0.15) is 5.56 Å². The summed E-state index contributed by atoms with van der Waals surface area (Å²) in [5.41, 5.74) is 1.08. The number of rotatable bonds is 5. The van der Waals surface area contributed by atoms with Crippen molar-refractivity contribution in [2.24, 2.45) is 0 Å². The standard InChI is InChI=1S/C16H16O3/c1-17-14-10-15(18-2)12-16(11-14)19-9-8-13-6-4-3-5-7-13/h3-12H,1-2H3. The zero-order valence-electron chi connectivity index (χ0n) is 11.0. The SMILES string of the molecule is COc1cc(OC)cc(OC=Cc2ccccc2)c1. The zero-order chi connectivity index (χ0) is 13.5. The van der Waals surface area contributed by atoms with E-state index in [1.165, 1.54) is 0 Å². The van der Waals surface area contributed by atoms with Gasteiger partial charge < -0.3 is 14.2 Å². The van der Waals surface area contributed by atoms with Gasteiger partial charge in [-0.15, -0.1) is 0 Å². The maximum atomic E-state index is 5.55. The molecule has 0 bridgehead atoms. The number of hydrogen-bond donors (Lipinski definition) is 0. The molecule has 0 aliphatic rings. The van der Waals surface area contributed by atoms with Crippen LogP contribution in [0.2, 0.25) is 0 Å². The molecule has 3 nitrogen and oxygen atoms in total. The van der Waals surface area contributed by atoms with Crippen molar-refractivity contribution in [1.29, 1.82) is 0 Å². The van der Waals surface area contributed by atoms with Crippen molar-refractivity contribution in [3.8, 4) is 17.2 Å². The Labute approximate surface area is 113 Å². The fourth-order valence-electron chi connectivity index (χ4n) is 1.60. The van der Waals surface area contributed by atoms with Crippen molar-refractivity contribution in [2.75, 3.05) is 14.2 Å². The molecule has 0 heterocycles. The molecule has 0 saturated carbocycles. The second kappa shape index (κ2) is 6.50. The molecule has 0 fully saturated rings. The summed E-state index contributed by atoms with van der Waals surface area (Å²) in [6.07, 6.45) is 3.54. The molecule has 0 unspecified atom stereocenters. The van der Waals surface area contributed by atoms with Gasteiger partial charge in [-0.3, -0.25) is 0 Å². The third-order valence-corrected chi connectivity index (χ3v) is 2.59. The molecular weight excluding hydrogens is 240 g/mol. The Balaban J connectivity index is 2.08. The molecule has 2 rings (SSSR count). The minimum absolute atomic E-state index is 0.670. The van der Waals surface area contributed by atoms with Gasteiger partial charge in [0.1, 0.15) is 17.2 Å². The van der Waals surface area contributed by atoms with E-state index in [2.05, 4.69) is 0 Å². The first-order valence-electron chi connectivity index (χ1n) is 5.93. The number of methoxy groups -OCH3 is 2. The van der Waals surface area contributed by atoms with Crippen LogP contribution < -0.4 is 14.2 Å². The molecule has 0 aromatic heterocycles. The maximum absolute atomic E-state index is 5.55. The smallest absolute Gasteiger partial charge is 0.133 e. The summed E-state index contributed by atoms with van der Waals surface area (Å²) >= 11 is 0. The molecule has 0 aliphatic carbocycles. The van der Waals surface area contributed by atoms with E-state index in [9.17, 15) is 0 Å². The summed E-state index contributed by atoms with van der Waals surface area (Å²) in [5, 5.41) is 0. The van der Waals surface area contributed by atoms with E-state index in [4.69, 9.17) is 14.2 Å². The van der Waals surface area contributed by atoms with Crippen molar-refractivity contribution in [1.82, 2.24) is 0 Å². The second-order valence-corrected chi connectivity index (χ2v) is 3.88. The lowest BCUT2D eigenvalue weighted by atomic mass is 10.2. The molecule has 0 atom stereocenters. The zero-order valence-corrected chi connectivity index (χ0v) is 11.0. The second-order valence-electron chi connectivity index (χ2n) is 3.88. The van der Waals surface area contributed by atoms with Crippen LogP contribution in [0, 0.1) is 0 Å². The summed E-state index contributed by atoms with van der Waals surface area (Å²) in [5.74, 6) is 2.06. The highest BCUT2D eigenvalue weighted by atomic mass is 16.5. The third kappa shape index (κ3) is 3.78. The molecular formula is C16H16O3. The average Bonchev–Trinajstić information content (AvgIpc) is 2.48. The first kappa shape index (κ1) is 13.0. The quantitative estimate of drug-likeness (QED) is 0.762. The van der Waals surface area contributed by atoms with Crippen molar-refractivity contribution in [3.05, 3.63) is 60.4 Å². The lowest BCUT2D eigenvalue weighted by molar-refractivity contribution is 0.386. The molecule has 0 amide bonds. The van der Waals surface area contributed by atoms with E-state index >= 15 is 0 Å². The van der Waals surface area contributed by atoms with Gasteiger partial charge in [0.25, 0.3) is 0 Å². The van der Waals surface area contributed by atoms with Gasteiger partial charge in [0.15, 0.2) is 0 Å². The van der Waals surface area contributed by atoms with Gasteiger partial charge in [-0.05, 0) is 11.6 Å². The molecule has 2 aromatic rings. The first-order chi connectivity index (χ1) is 9.31. The predicted octanol–water partition coefficient (Wildman–Crippen LogP) is 3.75. The van der Waals surface area contributed by atoms with Crippen LogP contribution in [0.25, 0.3) is 6.08 Å². The van der Waals surface area contributed by atoms with Gasteiger partial charge in [-0.25, -0.2) is 0 Å². The van der Waals surface area contributed by atoms with E-state index in [1.54, 1.807) is 38.7 Å². The lowest BCUT2D eigenvalue weighted by Gasteiger charge is -2.07. The average molecular weight is 256 g/mol. The minimum atomic E-state index is 0.670. The van der Waals surface area contributed by atoms with Gasteiger partial charge >= 0.3 is 0 Å². The Morgan fingerprint density at radius 2 is 1.37 bits per heavy atom. The van der Waals surface area contributed by atoms with E-state index in [-0.39, 0.29) is 0 Å². The number of ether oxygens (including phenoxy) is 3. The number of hydrogen-bond acceptors (Lipinski definition) is 3. The van der Waals surface area contributed by atoms with Gasteiger partial charge in [0.2, 0.25) is 0 Å². The fourth-order valence-corrected chi connectivity index (χ4v) is 1.60. The highest BCUT2D eigenvalue weighted by molar-refractivity contribution is 5.49. The molecule has 0 spiro atoms. The van der Waals surface area contributed by atoms with Crippen molar-refractivity contribution in [2.45, 2.75) is 0 Å². The summed E-state index contributed by atoms with van der Waals surface area (Å²) in [7, 11) is 3.22. The maximum Gasteiger partial charge on any atom is 0.133 e. The van der Waals surface area contributed by atoms with E-state index in [0.29, 0.717) is 17.2 Å². The Bertz CT molecular complexity index is 525. The fraction of sp³-hybridized carbons (Fsp3) is 0.125. The van der Waals surface area contributed by atoms with Gasteiger partial charge in [0.05, 0.1) is 20.5 Å². The molecule has 19 heavy (non-hydrogen) atoms. The van der Waals surface area contributed by atoms with Crippen molar-refractivity contribution >= 4 is 6.08 Å². The Kier molecular flexibility index (Phi) is 4.45. The Morgan fingerprint density at radius 3 is 1.95 bits per heavy atom. The van der Waals surface area contributed by atoms with Crippen LogP contribution in [0.3, 0.4) is 0 Å². The largest absolute Gasteiger partial charge is 0.496 e. The lowest BCUT2D eigenvalue weighted by Crippen LogP contribution is -1.89. The molecule has 0 N–H and O–H groups in total. The first-order valence-corrected chi connectivity index (χ1v) is 5.93. The van der Waals surface area contributed by atoms with Gasteiger partial charge in [-0.1, -0.05) is 30.3 Å². The molecule has 3 heteroatoms. The summed E-state index contributed by atoms with van der Waals surface area (Å²) < 4.78 is 15.9. The predicted molar refractivity (Wildman–Crippen MR) is 75.7 cm³/mol. The molecule has 0 saturated heterocycles. The summed E-state index contributed by atoms with van der Waals surface area (Å²) in [6, 6.07) is 15.4. The van der Waals surface area contributed by atoms with E-state index in [0.717, 1.165) is 5.56 Å². The topological polar surface area (TPSA) is 27.7 Å². The van der Waals surface area contributed by atoms with Crippen molar-refractivity contribution < 1.29 is 14.2 Å². The monoisotopic (exact) mass is 256 g/mol. The van der Waals surface area contributed by atoms with E-state index < -0.39 is 0 Å². The van der Waals surface area contributed by atoms with Crippen LogP contribution in [0.4, 0.5) is 0 Å². The van der Waals surface area contributed by atoms with Crippen molar-refractivity contribution in [3.63, 3.8) is 0 Å². The highest BCUT2D eigenvalue weighted by Gasteiger charge is 2.01. The molecule has 2 aromatic carbocycles. The van der Waals surface area contributed by atoms with Crippen LogP contribution in [-0.2, 0) is 0 Å². The van der Waals surface area contributed by atoms with Gasteiger partial charge in [-0.2, -0.15) is 0 Å². The van der Waals surface area contributed by atoms with Crippen LogP contribution >= 0.6 is 0 Å². The molecule has 0 radical (unpaired) electrons.